The van der Waals surface area contributed by atoms with Crippen molar-refractivity contribution >= 4 is 23.2 Å². The number of nitrogens with zero attached hydrogens (tertiary/aromatic N) is 2. The number of nitrogens with two attached hydrogens (primary N) is 1. The predicted molar refractivity (Wildman–Crippen MR) is 138 cm³/mol. The van der Waals surface area contributed by atoms with Crippen LogP contribution < -0.4 is 10.5 Å². The molecule has 1 saturated carbocycles. The van der Waals surface area contributed by atoms with Gasteiger partial charge in [0.2, 0.25) is 0 Å². The number of piperidine rings is 2. The number of carbonyl (C=O) groups is 1. The molecule has 2 aromatic carbocycles. The zero-order valence-electron chi connectivity index (χ0n) is 20.3. The Labute approximate surface area is 208 Å². The molecule has 6 heteroatoms. The van der Waals surface area contributed by atoms with Gasteiger partial charge in [0.1, 0.15) is 5.75 Å². The number of para-hydroxylation sites is 1. The Balaban J connectivity index is 1.11. The molecule has 0 aromatic heterocycles. The first-order valence-electron chi connectivity index (χ1n) is 12.7. The van der Waals surface area contributed by atoms with Crippen molar-refractivity contribution in [3.05, 3.63) is 58.6 Å². The average Bonchev–Trinajstić information content (AvgIpc) is 3.54. The van der Waals surface area contributed by atoms with Crippen LogP contribution in [0.1, 0.15) is 67.8 Å². The second-order valence-corrected chi connectivity index (χ2v) is 11.0. The summed E-state index contributed by atoms with van der Waals surface area (Å²) in [6, 6.07) is 14.7. The van der Waals surface area contributed by atoms with Crippen molar-refractivity contribution in [3.63, 3.8) is 0 Å². The number of benzene rings is 2. The van der Waals surface area contributed by atoms with Gasteiger partial charge in [-0.3, -0.25) is 4.79 Å². The number of rotatable bonds is 5. The van der Waals surface area contributed by atoms with Gasteiger partial charge in [0.15, 0.2) is 0 Å². The largest absolute Gasteiger partial charge is 0.491 e. The summed E-state index contributed by atoms with van der Waals surface area (Å²) in [6.07, 6.45) is 6.14. The van der Waals surface area contributed by atoms with Crippen LogP contribution in [0.25, 0.3) is 0 Å². The SMILES string of the molecule is CC(C)Oc1ccc(C2CC23CCN(C2CCN(C(=O)c4cccc(Cl)c4N)CC2)CC3)cc1. The predicted octanol–water partition coefficient (Wildman–Crippen LogP) is 5.58. The van der Waals surface area contributed by atoms with Crippen LogP contribution in [0, 0.1) is 5.41 Å². The lowest BCUT2D eigenvalue weighted by atomic mass is 9.87. The van der Waals surface area contributed by atoms with Crippen molar-refractivity contribution < 1.29 is 9.53 Å². The lowest BCUT2D eigenvalue weighted by molar-refractivity contribution is 0.0532. The molecule has 2 aliphatic heterocycles. The van der Waals surface area contributed by atoms with Gasteiger partial charge in [0.05, 0.1) is 22.4 Å². The molecule has 3 aliphatic rings. The lowest BCUT2D eigenvalue weighted by Crippen LogP contribution is -2.49. The van der Waals surface area contributed by atoms with Crippen LogP contribution >= 0.6 is 11.6 Å². The molecular weight excluding hydrogens is 446 g/mol. The summed E-state index contributed by atoms with van der Waals surface area (Å²) in [5.74, 6) is 1.66. The minimum Gasteiger partial charge on any atom is -0.491 e. The third-order valence-electron chi connectivity index (χ3n) is 8.19. The van der Waals surface area contributed by atoms with E-state index in [2.05, 4.69) is 43.0 Å². The maximum Gasteiger partial charge on any atom is 0.255 e. The molecule has 0 bridgehead atoms. The molecule has 5 nitrogen and oxygen atoms in total. The summed E-state index contributed by atoms with van der Waals surface area (Å²) < 4.78 is 5.80. The standard InChI is InChI=1S/C28H36ClN3O2/c1-19(2)34-22-8-6-20(7-9-22)24-18-28(24)12-16-31(17-13-28)21-10-14-32(15-11-21)27(33)23-4-3-5-25(29)26(23)30/h3-9,19,21,24H,10-18,30H2,1-2H3. The maximum atomic E-state index is 13.0. The van der Waals surface area contributed by atoms with Crippen LogP contribution in [0.2, 0.25) is 5.02 Å². The Morgan fingerprint density at radius 2 is 1.74 bits per heavy atom. The van der Waals surface area contributed by atoms with E-state index in [-0.39, 0.29) is 12.0 Å². The van der Waals surface area contributed by atoms with E-state index >= 15 is 0 Å². The number of likely N-dealkylation sites (tertiary alicyclic amines) is 2. The Morgan fingerprint density at radius 3 is 2.38 bits per heavy atom. The van der Waals surface area contributed by atoms with Crippen molar-refractivity contribution in [1.29, 1.82) is 0 Å². The molecule has 1 spiro atoms. The van der Waals surface area contributed by atoms with Gasteiger partial charge in [-0.2, -0.15) is 0 Å². The number of carbonyl (C=O) groups excluding carboxylic acids is 1. The van der Waals surface area contributed by atoms with Gasteiger partial charge in [0.25, 0.3) is 5.91 Å². The molecule has 5 rings (SSSR count). The smallest absolute Gasteiger partial charge is 0.255 e. The van der Waals surface area contributed by atoms with Crippen LogP contribution in [0.15, 0.2) is 42.5 Å². The number of hydrogen-bond donors (Lipinski definition) is 1. The molecule has 2 saturated heterocycles. The van der Waals surface area contributed by atoms with E-state index in [9.17, 15) is 4.79 Å². The number of ether oxygens (including phenoxy) is 1. The summed E-state index contributed by atoms with van der Waals surface area (Å²) in [6.45, 7) is 8.04. The molecule has 2 N–H and O–H groups in total. The summed E-state index contributed by atoms with van der Waals surface area (Å²) in [5.41, 5.74) is 8.93. The highest BCUT2D eigenvalue weighted by molar-refractivity contribution is 6.33. The topological polar surface area (TPSA) is 58.8 Å². The monoisotopic (exact) mass is 481 g/mol. The Hall–Kier alpha value is -2.24. The van der Waals surface area contributed by atoms with E-state index in [0.29, 0.717) is 33.6 Å². The van der Waals surface area contributed by atoms with Gasteiger partial charge < -0.3 is 20.3 Å². The molecular formula is C28H36ClN3O2. The van der Waals surface area contributed by atoms with Gasteiger partial charge in [-0.05, 0) is 100 Å². The molecule has 1 unspecified atom stereocenters. The second-order valence-electron chi connectivity index (χ2n) is 10.6. The van der Waals surface area contributed by atoms with Crippen LogP contribution in [0.4, 0.5) is 5.69 Å². The molecule has 2 heterocycles. The van der Waals surface area contributed by atoms with Gasteiger partial charge in [-0.25, -0.2) is 0 Å². The highest BCUT2D eigenvalue weighted by Gasteiger charge is 2.55. The fourth-order valence-electron chi connectivity index (χ4n) is 6.08. The van der Waals surface area contributed by atoms with Crippen LogP contribution in [-0.2, 0) is 0 Å². The molecule has 1 atom stereocenters. The molecule has 1 amide bonds. The highest BCUT2D eigenvalue weighted by Crippen LogP contribution is 2.65. The van der Waals surface area contributed by atoms with Crippen molar-refractivity contribution in [2.24, 2.45) is 5.41 Å². The van der Waals surface area contributed by atoms with E-state index < -0.39 is 0 Å². The van der Waals surface area contributed by atoms with Gasteiger partial charge in [-0.15, -0.1) is 0 Å². The molecule has 3 fully saturated rings. The average molecular weight is 482 g/mol. The number of halogens is 1. The normalized spacial score (nSPS) is 22.8. The number of anilines is 1. The lowest BCUT2D eigenvalue weighted by Gasteiger charge is -2.42. The van der Waals surface area contributed by atoms with Crippen molar-refractivity contribution in [2.75, 3.05) is 31.9 Å². The summed E-state index contributed by atoms with van der Waals surface area (Å²) in [7, 11) is 0. The first kappa shape index (κ1) is 23.5. The van der Waals surface area contributed by atoms with Gasteiger partial charge >= 0.3 is 0 Å². The Kier molecular flexibility index (Phi) is 6.51. The fraction of sp³-hybridized carbons (Fsp3) is 0.536. The highest BCUT2D eigenvalue weighted by atomic mass is 35.5. The van der Waals surface area contributed by atoms with Gasteiger partial charge in [0, 0.05) is 19.1 Å². The Morgan fingerprint density at radius 1 is 1.06 bits per heavy atom. The number of amides is 1. The van der Waals surface area contributed by atoms with E-state index in [1.54, 1.807) is 18.2 Å². The summed E-state index contributed by atoms with van der Waals surface area (Å²) in [4.78, 5) is 17.6. The minimum atomic E-state index is 0.00156. The maximum absolute atomic E-state index is 13.0. The molecule has 182 valence electrons. The first-order valence-corrected chi connectivity index (χ1v) is 13.1. The number of hydrogen-bond acceptors (Lipinski definition) is 4. The zero-order chi connectivity index (χ0) is 23.9. The van der Waals surface area contributed by atoms with Crippen LogP contribution in [0.5, 0.6) is 5.75 Å². The summed E-state index contributed by atoms with van der Waals surface area (Å²) in [5, 5.41) is 0.446. The Bertz CT molecular complexity index is 1020. The van der Waals surface area contributed by atoms with E-state index in [1.807, 2.05) is 4.90 Å². The number of nitrogen functional groups attached to an aromatic ring is 1. The minimum absolute atomic E-state index is 0.00156. The zero-order valence-corrected chi connectivity index (χ0v) is 21.1. The van der Waals surface area contributed by atoms with Crippen molar-refractivity contribution in [1.82, 2.24) is 9.80 Å². The third kappa shape index (κ3) is 4.65. The third-order valence-corrected chi connectivity index (χ3v) is 8.52. The van der Waals surface area contributed by atoms with Gasteiger partial charge in [-0.1, -0.05) is 29.8 Å². The fourth-order valence-corrected chi connectivity index (χ4v) is 6.26. The van der Waals surface area contributed by atoms with Crippen LogP contribution in [0.3, 0.4) is 0 Å². The van der Waals surface area contributed by atoms with Crippen molar-refractivity contribution in [2.45, 2.75) is 64.0 Å². The molecule has 0 radical (unpaired) electrons. The van der Waals surface area contributed by atoms with Crippen LogP contribution in [-0.4, -0.2) is 54.0 Å². The molecule has 1 aliphatic carbocycles. The second kappa shape index (κ2) is 9.43. The molecule has 2 aromatic rings. The van der Waals surface area contributed by atoms with E-state index in [4.69, 9.17) is 22.1 Å². The van der Waals surface area contributed by atoms with E-state index in [1.165, 1.54) is 37.9 Å². The quantitative estimate of drug-likeness (QED) is 0.566. The first-order chi connectivity index (χ1) is 16.4. The van der Waals surface area contributed by atoms with Crippen molar-refractivity contribution in [3.8, 4) is 5.75 Å². The summed E-state index contributed by atoms with van der Waals surface area (Å²) >= 11 is 6.12. The molecule has 34 heavy (non-hydrogen) atoms. The van der Waals surface area contributed by atoms with E-state index in [0.717, 1.165) is 31.7 Å².